The van der Waals surface area contributed by atoms with Crippen LogP contribution in [-0.4, -0.2) is 33.2 Å². The number of benzene rings is 1. The van der Waals surface area contributed by atoms with Crippen molar-refractivity contribution in [2.75, 3.05) is 27.3 Å². The Kier molecular flexibility index (Phi) is 9.48. The summed E-state index contributed by atoms with van der Waals surface area (Å²) in [6.45, 7) is 2.64. The van der Waals surface area contributed by atoms with Crippen molar-refractivity contribution in [1.82, 2.24) is 10.6 Å². The lowest BCUT2D eigenvalue weighted by molar-refractivity contribution is -0.121. The molecule has 0 saturated carbocycles. The summed E-state index contributed by atoms with van der Waals surface area (Å²) in [5, 5.41) is 6.33. The van der Waals surface area contributed by atoms with Gasteiger partial charge in [-0.15, -0.1) is 12.4 Å². The fourth-order valence-corrected chi connectivity index (χ4v) is 3.52. The highest BCUT2D eigenvalue weighted by Gasteiger charge is 2.15. The molecule has 24 heavy (non-hydrogen) atoms. The maximum atomic E-state index is 12.0. The number of ether oxygens (including phenoxy) is 2. The van der Waals surface area contributed by atoms with Crippen molar-refractivity contribution >= 4 is 34.2 Å². The summed E-state index contributed by atoms with van der Waals surface area (Å²) >= 11 is 3.47. The Balaban J connectivity index is 0.00000288. The van der Waals surface area contributed by atoms with E-state index in [9.17, 15) is 4.79 Å². The summed E-state index contributed by atoms with van der Waals surface area (Å²) in [6.07, 6.45) is 3.92. The monoisotopic (exact) mass is 420 g/mol. The number of methoxy groups -OCH3 is 2. The third kappa shape index (κ3) is 6.15. The molecule has 1 aliphatic rings. The normalized spacial score (nSPS) is 14.6. The average Bonchev–Trinajstić information content (AvgIpc) is 2.58. The molecule has 0 unspecified atom stereocenters. The average molecular weight is 422 g/mol. The van der Waals surface area contributed by atoms with Crippen LogP contribution in [0.1, 0.15) is 31.2 Å². The maximum absolute atomic E-state index is 12.0. The van der Waals surface area contributed by atoms with Gasteiger partial charge in [0, 0.05) is 13.0 Å². The van der Waals surface area contributed by atoms with Gasteiger partial charge in [0.25, 0.3) is 0 Å². The van der Waals surface area contributed by atoms with E-state index in [4.69, 9.17) is 9.47 Å². The SMILES string of the molecule is COc1cc(CNC(=O)CCC2CCNCC2)cc(Br)c1OC.Cl. The summed E-state index contributed by atoms with van der Waals surface area (Å²) < 4.78 is 11.4. The van der Waals surface area contributed by atoms with Gasteiger partial charge >= 0.3 is 0 Å². The summed E-state index contributed by atoms with van der Waals surface area (Å²) in [6, 6.07) is 3.82. The molecule has 0 atom stereocenters. The molecule has 0 aromatic heterocycles. The molecule has 0 aliphatic carbocycles. The maximum Gasteiger partial charge on any atom is 0.220 e. The van der Waals surface area contributed by atoms with Crippen LogP contribution in [-0.2, 0) is 11.3 Å². The lowest BCUT2D eigenvalue weighted by Crippen LogP contribution is -2.29. The number of carbonyl (C=O) groups excluding carboxylic acids is 1. The lowest BCUT2D eigenvalue weighted by atomic mass is 9.93. The van der Waals surface area contributed by atoms with Gasteiger partial charge < -0.3 is 20.1 Å². The fourth-order valence-electron chi connectivity index (χ4n) is 2.87. The Morgan fingerprint density at radius 1 is 1.29 bits per heavy atom. The molecule has 5 nitrogen and oxygen atoms in total. The van der Waals surface area contributed by atoms with Crippen LogP contribution in [0.4, 0.5) is 0 Å². The summed E-state index contributed by atoms with van der Waals surface area (Å²) in [5.41, 5.74) is 0.977. The van der Waals surface area contributed by atoms with E-state index in [1.54, 1.807) is 14.2 Å². The van der Waals surface area contributed by atoms with Crippen LogP contribution in [0.3, 0.4) is 0 Å². The second-order valence-electron chi connectivity index (χ2n) is 5.82. The third-order valence-electron chi connectivity index (χ3n) is 4.22. The van der Waals surface area contributed by atoms with Crippen molar-refractivity contribution < 1.29 is 14.3 Å². The van der Waals surface area contributed by atoms with Gasteiger partial charge in [0.1, 0.15) is 0 Å². The Labute approximate surface area is 158 Å². The van der Waals surface area contributed by atoms with Gasteiger partial charge in [-0.2, -0.15) is 0 Å². The first-order chi connectivity index (χ1) is 11.1. The van der Waals surface area contributed by atoms with Crippen molar-refractivity contribution in [1.29, 1.82) is 0 Å². The molecule has 0 spiro atoms. The molecule has 136 valence electrons. The smallest absolute Gasteiger partial charge is 0.220 e. The zero-order valence-electron chi connectivity index (χ0n) is 14.2. The number of hydrogen-bond donors (Lipinski definition) is 2. The van der Waals surface area contributed by atoms with E-state index >= 15 is 0 Å². The molecule has 2 N–H and O–H groups in total. The van der Waals surface area contributed by atoms with E-state index in [1.165, 1.54) is 12.8 Å². The highest BCUT2D eigenvalue weighted by Crippen LogP contribution is 2.36. The van der Waals surface area contributed by atoms with Gasteiger partial charge in [-0.3, -0.25) is 4.79 Å². The van der Waals surface area contributed by atoms with Crippen LogP contribution in [0.15, 0.2) is 16.6 Å². The van der Waals surface area contributed by atoms with E-state index < -0.39 is 0 Å². The van der Waals surface area contributed by atoms with Crippen molar-refractivity contribution in [2.24, 2.45) is 5.92 Å². The van der Waals surface area contributed by atoms with Crippen molar-refractivity contribution in [2.45, 2.75) is 32.2 Å². The van der Waals surface area contributed by atoms with Crippen LogP contribution >= 0.6 is 28.3 Å². The number of halogens is 2. The first kappa shape index (κ1) is 21.1. The van der Waals surface area contributed by atoms with E-state index in [0.717, 1.165) is 29.5 Å². The molecule has 1 heterocycles. The highest BCUT2D eigenvalue weighted by molar-refractivity contribution is 9.10. The minimum absolute atomic E-state index is 0. The first-order valence-electron chi connectivity index (χ1n) is 8.02. The second-order valence-corrected chi connectivity index (χ2v) is 6.68. The molecular weight excluding hydrogens is 396 g/mol. The number of nitrogens with one attached hydrogen (secondary N) is 2. The molecule has 1 amide bonds. The molecule has 1 aliphatic heterocycles. The number of carbonyl (C=O) groups is 1. The summed E-state index contributed by atoms with van der Waals surface area (Å²) in [7, 11) is 3.20. The standard InChI is InChI=1S/C17H25BrN2O3.ClH/c1-22-15-10-13(9-14(18)17(15)23-2)11-20-16(21)4-3-12-5-7-19-8-6-12;/h9-10,12,19H,3-8,11H2,1-2H3,(H,20,21);1H. The van der Waals surface area contributed by atoms with Crippen molar-refractivity contribution in [3.8, 4) is 11.5 Å². The second kappa shape index (κ2) is 10.8. The first-order valence-corrected chi connectivity index (χ1v) is 8.81. The van der Waals surface area contributed by atoms with Gasteiger partial charge in [-0.05, 0) is 71.9 Å². The van der Waals surface area contributed by atoms with Crippen LogP contribution in [0.2, 0.25) is 0 Å². The molecule has 1 aromatic carbocycles. The molecule has 1 aromatic rings. The molecule has 2 rings (SSSR count). The molecule has 0 bridgehead atoms. The zero-order valence-corrected chi connectivity index (χ0v) is 16.6. The zero-order chi connectivity index (χ0) is 16.7. The number of amides is 1. The predicted molar refractivity (Wildman–Crippen MR) is 101 cm³/mol. The Hall–Kier alpha value is -0.980. The molecule has 1 fully saturated rings. The summed E-state index contributed by atoms with van der Waals surface area (Å²) in [5.74, 6) is 2.10. The molecule has 0 radical (unpaired) electrons. The Morgan fingerprint density at radius 3 is 2.62 bits per heavy atom. The Bertz CT molecular complexity index is 537. The summed E-state index contributed by atoms with van der Waals surface area (Å²) in [4.78, 5) is 12.0. The van der Waals surface area contributed by atoms with Gasteiger partial charge in [0.2, 0.25) is 5.91 Å². The predicted octanol–water partition coefficient (Wildman–Crippen LogP) is 3.28. The van der Waals surface area contributed by atoms with Crippen molar-refractivity contribution in [3.05, 3.63) is 22.2 Å². The van der Waals surface area contributed by atoms with E-state index in [2.05, 4.69) is 26.6 Å². The number of rotatable bonds is 7. The topological polar surface area (TPSA) is 59.6 Å². The van der Waals surface area contributed by atoms with E-state index in [-0.39, 0.29) is 18.3 Å². The van der Waals surface area contributed by atoms with E-state index in [0.29, 0.717) is 30.4 Å². The van der Waals surface area contributed by atoms with Crippen molar-refractivity contribution in [3.63, 3.8) is 0 Å². The van der Waals surface area contributed by atoms with Gasteiger partial charge in [-0.25, -0.2) is 0 Å². The van der Waals surface area contributed by atoms with Crippen LogP contribution in [0.5, 0.6) is 11.5 Å². The number of piperidine rings is 1. The fraction of sp³-hybridized carbons (Fsp3) is 0.588. The molecular formula is C17H26BrClN2O3. The quantitative estimate of drug-likeness (QED) is 0.709. The van der Waals surface area contributed by atoms with Gasteiger partial charge in [0.15, 0.2) is 11.5 Å². The molecule has 1 saturated heterocycles. The number of hydrogen-bond acceptors (Lipinski definition) is 4. The minimum atomic E-state index is 0. The third-order valence-corrected chi connectivity index (χ3v) is 4.81. The van der Waals surface area contributed by atoms with Gasteiger partial charge in [0.05, 0.1) is 18.7 Å². The van der Waals surface area contributed by atoms with E-state index in [1.807, 2.05) is 12.1 Å². The highest BCUT2D eigenvalue weighted by atomic mass is 79.9. The largest absolute Gasteiger partial charge is 0.493 e. The minimum Gasteiger partial charge on any atom is -0.493 e. The van der Waals surface area contributed by atoms with Crippen LogP contribution in [0.25, 0.3) is 0 Å². The Morgan fingerprint density at radius 2 is 2.00 bits per heavy atom. The van der Waals surface area contributed by atoms with Gasteiger partial charge in [-0.1, -0.05) is 0 Å². The van der Waals surface area contributed by atoms with Crippen LogP contribution in [0, 0.1) is 5.92 Å². The lowest BCUT2D eigenvalue weighted by Gasteiger charge is -2.22. The van der Waals surface area contributed by atoms with Crippen LogP contribution < -0.4 is 20.1 Å². The molecule has 7 heteroatoms.